The highest BCUT2D eigenvalue weighted by Gasteiger charge is 2.36. The first-order valence-corrected chi connectivity index (χ1v) is 7.62. The molecule has 1 N–H and O–H groups in total. The molecule has 1 atom stereocenters. The zero-order chi connectivity index (χ0) is 14.8. The quantitative estimate of drug-likeness (QED) is 0.925. The van der Waals surface area contributed by atoms with Gasteiger partial charge in [-0.25, -0.2) is 8.78 Å². The van der Waals surface area contributed by atoms with Crippen molar-refractivity contribution in [2.24, 2.45) is 5.92 Å². The summed E-state index contributed by atoms with van der Waals surface area (Å²) in [7, 11) is 0. The highest BCUT2D eigenvalue weighted by Crippen LogP contribution is 2.31. The van der Waals surface area contributed by atoms with E-state index in [4.69, 9.17) is 0 Å². The molecule has 0 aromatic heterocycles. The van der Waals surface area contributed by atoms with Crippen molar-refractivity contribution >= 4 is 5.91 Å². The van der Waals surface area contributed by atoms with Crippen molar-refractivity contribution in [3.63, 3.8) is 0 Å². The van der Waals surface area contributed by atoms with Crippen LogP contribution < -0.4 is 5.32 Å². The zero-order valence-corrected chi connectivity index (χ0v) is 11.9. The number of benzene rings is 1. The minimum absolute atomic E-state index is 0.151. The molecule has 3 rings (SSSR count). The summed E-state index contributed by atoms with van der Waals surface area (Å²) >= 11 is 0. The van der Waals surface area contributed by atoms with Crippen LogP contribution in [0.15, 0.2) is 18.2 Å². The topological polar surface area (TPSA) is 32.3 Å². The SMILES string of the molecule is O=C(c1c(F)cccc1F)N(CC1CCCNC1)C1CC1. The first-order chi connectivity index (χ1) is 10.2. The maximum absolute atomic E-state index is 13.8. The summed E-state index contributed by atoms with van der Waals surface area (Å²) in [6.07, 6.45) is 4.01. The van der Waals surface area contributed by atoms with Crippen LogP contribution in [-0.4, -0.2) is 36.5 Å². The first-order valence-electron chi connectivity index (χ1n) is 7.62. The molecule has 1 amide bonds. The molecule has 0 radical (unpaired) electrons. The number of piperidine rings is 1. The van der Waals surface area contributed by atoms with E-state index in [0.29, 0.717) is 12.5 Å². The van der Waals surface area contributed by atoms with Gasteiger partial charge in [-0.15, -0.1) is 0 Å². The Morgan fingerprint density at radius 3 is 2.52 bits per heavy atom. The number of halogens is 2. The number of carbonyl (C=O) groups is 1. The van der Waals surface area contributed by atoms with Gasteiger partial charge in [0, 0.05) is 12.6 Å². The van der Waals surface area contributed by atoms with Crippen molar-refractivity contribution < 1.29 is 13.6 Å². The van der Waals surface area contributed by atoms with E-state index in [1.807, 2.05) is 0 Å². The lowest BCUT2D eigenvalue weighted by Crippen LogP contribution is -2.42. The normalized spacial score (nSPS) is 22.1. The fraction of sp³-hybridized carbons (Fsp3) is 0.562. The highest BCUT2D eigenvalue weighted by atomic mass is 19.1. The molecule has 114 valence electrons. The van der Waals surface area contributed by atoms with Crippen LogP contribution in [0.25, 0.3) is 0 Å². The summed E-state index contributed by atoms with van der Waals surface area (Å²) in [4.78, 5) is 14.2. The zero-order valence-electron chi connectivity index (χ0n) is 11.9. The van der Waals surface area contributed by atoms with Crippen molar-refractivity contribution in [3.05, 3.63) is 35.4 Å². The molecule has 1 saturated carbocycles. The molecular formula is C16H20F2N2O. The van der Waals surface area contributed by atoms with Gasteiger partial charge in [-0.05, 0) is 56.8 Å². The monoisotopic (exact) mass is 294 g/mol. The number of hydrogen-bond acceptors (Lipinski definition) is 2. The fourth-order valence-electron chi connectivity index (χ4n) is 2.99. The van der Waals surface area contributed by atoms with Crippen LogP contribution >= 0.6 is 0 Å². The lowest BCUT2D eigenvalue weighted by molar-refractivity contribution is 0.0694. The Hall–Kier alpha value is -1.49. The van der Waals surface area contributed by atoms with E-state index >= 15 is 0 Å². The van der Waals surface area contributed by atoms with Gasteiger partial charge in [0.2, 0.25) is 0 Å². The first kappa shape index (κ1) is 14.4. The fourth-order valence-corrected chi connectivity index (χ4v) is 2.99. The van der Waals surface area contributed by atoms with E-state index in [9.17, 15) is 13.6 Å². The van der Waals surface area contributed by atoms with E-state index in [2.05, 4.69) is 5.32 Å². The molecule has 1 heterocycles. The average Bonchev–Trinajstić information content (AvgIpc) is 3.30. The van der Waals surface area contributed by atoms with Crippen LogP contribution in [-0.2, 0) is 0 Å². The van der Waals surface area contributed by atoms with E-state index in [0.717, 1.165) is 50.9 Å². The van der Waals surface area contributed by atoms with Gasteiger partial charge < -0.3 is 10.2 Å². The van der Waals surface area contributed by atoms with Crippen molar-refractivity contribution in [2.45, 2.75) is 31.7 Å². The Bertz CT molecular complexity index is 505. The molecule has 1 aliphatic carbocycles. The number of hydrogen-bond donors (Lipinski definition) is 1. The molecule has 0 bridgehead atoms. The Morgan fingerprint density at radius 1 is 1.24 bits per heavy atom. The summed E-state index contributed by atoms with van der Waals surface area (Å²) < 4.78 is 27.6. The third-order valence-corrected chi connectivity index (χ3v) is 4.28. The largest absolute Gasteiger partial charge is 0.335 e. The van der Waals surface area contributed by atoms with Crippen LogP contribution in [0.3, 0.4) is 0 Å². The van der Waals surface area contributed by atoms with E-state index in [1.165, 1.54) is 6.07 Å². The Labute approximate surface area is 123 Å². The van der Waals surface area contributed by atoms with Crippen LogP contribution in [0, 0.1) is 17.6 Å². The second-order valence-corrected chi connectivity index (χ2v) is 6.00. The minimum atomic E-state index is -0.771. The smallest absolute Gasteiger partial charge is 0.260 e. The highest BCUT2D eigenvalue weighted by molar-refractivity contribution is 5.95. The van der Waals surface area contributed by atoms with Crippen LogP contribution in [0.2, 0.25) is 0 Å². The number of rotatable bonds is 4. The molecule has 2 aliphatic rings. The van der Waals surface area contributed by atoms with Crippen molar-refractivity contribution in [3.8, 4) is 0 Å². The van der Waals surface area contributed by atoms with Gasteiger partial charge >= 0.3 is 0 Å². The molecule has 5 heteroatoms. The van der Waals surface area contributed by atoms with Gasteiger partial charge in [0.25, 0.3) is 5.91 Å². The molecule has 0 spiro atoms. The lowest BCUT2D eigenvalue weighted by Gasteiger charge is -2.30. The molecule has 1 aliphatic heterocycles. The molecule has 1 saturated heterocycles. The number of nitrogens with zero attached hydrogens (tertiary/aromatic N) is 1. The summed E-state index contributed by atoms with van der Waals surface area (Å²) in [5, 5.41) is 3.31. The predicted molar refractivity (Wildman–Crippen MR) is 76.0 cm³/mol. The molecule has 1 unspecified atom stereocenters. The number of carbonyl (C=O) groups excluding carboxylic acids is 1. The van der Waals surface area contributed by atoms with Crippen molar-refractivity contribution in [1.82, 2.24) is 10.2 Å². The van der Waals surface area contributed by atoms with Gasteiger partial charge in [0.1, 0.15) is 17.2 Å². The third kappa shape index (κ3) is 3.23. The van der Waals surface area contributed by atoms with E-state index < -0.39 is 23.1 Å². The summed E-state index contributed by atoms with van der Waals surface area (Å²) in [5.74, 6) is -1.67. The molecule has 3 nitrogen and oxygen atoms in total. The van der Waals surface area contributed by atoms with Crippen LogP contribution in [0.5, 0.6) is 0 Å². The summed E-state index contributed by atoms with van der Waals surface area (Å²) in [6.45, 7) is 2.47. The Balaban J connectivity index is 1.78. The molecule has 1 aromatic carbocycles. The summed E-state index contributed by atoms with van der Waals surface area (Å²) in [6, 6.07) is 3.72. The molecule has 21 heavy (non-hydrogen) atoms. The maximum Gasteiger partial charge on any atom is 0.260 e. The third-order valence-electron chi connectivity index (χ3n) is 4.28. The van der Waals surface area contributed by atoms with Gasteiger partial charge in [-0.3, -0.25) is 4.79 Å². The van der Waals surface area contributed by atoms with Crippen LogP contribution in [0.4, 0.5) is 8.78 Å². The van der Waals surface area contributed by atoms with E-state index in [1.54, 1.807) is 4.90 Å². The van der Waals surface area contributed by atoms with Crippen molar-refractivity contribution in [2.75, 3.05) is 19.6 Å². The van der Waals surface area contributed by atoms with Gasteiger partial charge in [-0.2, -0.15) is 0 Å². The second-order valence-electron chi connectivity index (χ2n) is 6.00. The summed E-state index contributed by atoms with van der Waals surface area (Å²) in [5.41, 5.74) is -0.409. The standard InChI is InChI=1S/C16H20F2N2O/c17-13-4-1-5-14(18)15(13)16(21)20(12-6-7-12)10-11-3-2-8-19-9-11/h1,4-5,11-12,19H,2-3,6-10H2. The molecule has 1 aromatic rings. The van der Waals surface area contributed by atoms with Crippen LogP contribution in [0.1, 0.15) is 36.0 Å². The van der Waals surface area contributed by atoms with Gasteiger partial charge in [-0.1, -0.05) is 6.07 Å². The molecular weight excluding hydrogens is 274 g/mol. The van der Waals surface area contributed by atoms with Gasteiger partial charge in [0.05, 0.1) is 0 Å². The molecule has 2 fully saturated rings. The Kier molecular flexibility index (Phi) is 4.19. The second kappa shape index (κ2) is 6.10. The van der Waals surface area contributed by atoms with Gasteiger partial charge in [0.15, 0.2) is 0 Å². The maximum atomic E-state index is 13.8. The minimum Gasteiger partial charge on any atom is -0.335 e. The number of nitrogens with one attached hydrogen (secondary N) is 1. The lowest BCUT2D eigenvalue weighted by atomic mass is 9.98. The average molecular weight is 294 g/mol. The predicted octanol–water partition coefficient (Wildman–Crippen LogP) is 2.57. The van der Waals surface area contributed by atoms with Crippen molar-refractivity contribution in [1.29, 1.82) is 0 Å². The Morgan fingerprint density at radius 2 is 1.95 bits per heavy atom. The van der Waals surface area contributed by atoms with E-state index in [-0.39, 0.29) is 6.04 Å². The number of amides is 1.